The van der Waals surface area contributed by atoms with Crippen LogP contribution in [0, 0.1) is 0 Å². The second-order valence-corrected chi connectivity index (χ2v) is 4.25. The molecule has 1 aromatic rings. The number of amides is 2. The molecular weight excluding hydrogens is 272 g/mol. The molecule has 0 aliphatic carbocycles. The van der Waals surface area contributed by atoms with Crippen LogP contribution in [0.3, 0.4) is 0 Å². The van der Waals surface area contributed by atoms with Crippen molar-refractivity contribution < 1.29 is 19.5 Å². The first-order valence-electron chi connectivity index (χ1n) is 5.46. The Kier molecular flexibility index (Phi) is 5.32. The third-order valence-corrected chi connectivity index (χ3v) is 2.52. The number of carboxylic acids is 1. The third-order valence-electron chi connectivity index (χ3n) is 2.26. The first-order valence-corrected chi connectivity index (χ1v) is 5.84. The predicted octanol–water partition coefficient (Wildman–Crippen LogP) is 0.659. The molecule has 0 aliphatic heterocycles. The van der Waals surface area contributed by atoms with Crippen LogP contribution in [0.1, 0.15) is 17.3 Å². The second-order valence-electron chi connectivity index (χ2n) is 3.82. The fraction of sp³-hybridized carbons (Fsp3) is 0.250. The number of hydrogen-bond donors (Lipinski definition) is 3. The standard InChI is InChI=1S/C12H13ClN2O4/c1-7(12(18)19)15-10(16)6-14-11(17)8-2-4-9(13)5-3-8/h2-5,7H,6H2,1H3,(H,14,17)(H,15,16)(H,18,19). The summed E-state index contributed by atoms with van der Waals surface area (Å²) >= 11 is 5.68. The summed E-state index contributed by atoms with van der Waals surface area (Å²) in [6, 6.07) is 5.16. The number of carboxylic acid groups (broad SMARTS) is 1. The van der Waals surface area contributed by atoms with Crippen molar-refractivity contribution in [3.05, 3.63) is 34.9 Å². The molecule has 2 amide bonds. The first-order chi connectivity index (χ1) is 8.90. The summed E-state index contributed by atoms with van der Waals surface area (Å²) in [6.45, 7) is 1.04. The molecule has 1 unspecified atom stereocenters. The van der Waals surface area contributed by atoms with Gasteiger partial charge in [0.05, 0.1) is 6.54 Å². The summed E-state index contributed by atoms with van der Waals surface area (Å²) in [7, 11) is 0. The number of halogens is 1. The van der Waals surface area contributed by atoms with Crippen molar-refractivity contribution in [3.8, 4) is 0 Å². The van der Waals surface area contributed by atoms with Crippen LogP contribution < -0.4 is 10.6 Å². The highest BCUT2D eigenvalue weighted by Gasteiger charge is 2.14. The van der Waals surface area contributed by atoms with E-state index >= 15 is 0 Å². The summed E-state index contributed by atoms with van der Waals surface area (Å²) in [6.07, 6.45) is 0. The number of carbonyl (C=O) groups is 3. The highest BCUT2D eigenvalue weighted by molar-refractivity contribution is 6.30. The molecule has 0 radical (unpaired) electrons. The highest BCUT2D eigenvalue weighted by Crippen LogP contribution is 2.09. The van der Waals surface area contributed by atoms with Crippen molar-refractivity contribution in [1.29, 1.82) is 0 Å². The van der Waals surface area contributed by atoms with Gasteiger partial charge in [-0.25, -0.2) is 0 Å². The number of hydrogen-bond acceptors (Lipinski definition) is 3. The van der Waals surface area contributed by atoms with E-state index in [-0.39, 0.29) is 6.54 Å². The minimum absolute atomic E-state index is 0.293. The normalized spacial score (nSPS) is 11.5. The Morgan fingerprint density at radius 1 is 1.26 bits per heavy atom. The van der Waals surface area contributed by atoms with Crippen LogP contribution in [-0.4, -0.2) is 35.5 Å². The molecule has 1 aromatic carbocycles. The van der Waals surface area contributed by atoms with Crippen molar-refractivity contribution in [2.24, 2.45) is 0 Å². The van der Waals surface area contributed by atoms with E-state index in [2.05, 4.69) is 10.6 Å². The van der Waals surface area contributed by atoms with Gasteiger partial charge in [-0.1, -0.05) is 11.6 Å². The topological polar surface area (TPSA) is 95.5 Å². The van der Waals surface area contributed by atoms with Crippen molar-refractivity contribution in [2.45, 2.75) is 13.0 Å². The smallest absolute Gasteiger partial charge is 0.325 e. The largest absolute Gasteiger partial charge is 0.480 e. The number of nitrogens with one attached hydrogen (secondary N) is 2. The van der Waals surface area contributed by atoms with Gasteiger partial charge in [-0.15, -0.1) is 0 Å². The minimum atomic E-state index is -1.14. The number of carbonyl (C=O) groups excluding carboxylic acids is 2. The molecule has 1 atom stereocenters. The van der Waals surface area contributed by atoms with Crippen LogP contribution in [0.5, 0.6) is 0 Å². The number of aliphatic carboxylic acids is 1. The predicted molar refractivity (Wildman–Crippen MR) is 69.0 cm³/mol. The minimum Gasteiger partial charge on any atom is -0.480 e. The summed E-state index contributed by atoms with van der Waals surface area (Å²) < 4.78 is 0. The van der Waals surface area contributed by atoms with E-state index in [0.717, 1.165) is 0 Å². The fourth-order valence-corrected chi connectivity index (χ4v) is 1.34. The molecule has 1 rings (SSSR count). The molecule has 0 spiro atoms. The molecule has 0 saturated carbocycles. The van der Waals surface area contributed by atoms with Gasteiger partial charge in [0.25, 0.3) is 5.91 Å². The van der Waals surface area contributed by atoms with Gasteiger partial charge >= 0.3 is 5.97 Å². The lowest BCUT2D eigenvalue weighted by Gasteiger charge is -2.10. The van der Waals surface area contributed by atoms with E-state index < -0.39 is 23.8 Å². The Bertz CT molecular complexity index is 487. The number of benzene rings is 1. The zero-order chi connectivity index (χ0) is 14.4. The van der Waals surface area contributed by atoms with E-state index in [4.69, 9.17) is 16.7 Å². The van der Waals surface area contributed by atoms with Gasteiger partial charge in [-0.05, 0) is 31.2 Å². The average Bonchev–Trinajstić information content (AvgIpc) is 2.36. The second kappa shape index (κ2) is 6.75. The van der Waals surface area contributed by atoms with Crippen LogP contribution in [0.25, 0.3) is 0 Å². The molecule has 0 bridgehead atoms. The molecule has 7 heteroatoms. The van der Waals surface area contributed by atoms with Crippen molar-refractivity contribution >= 4 is 29.4 Å². The summed E-state index contributed by atoms with van der Waals surface area (Å²) in [5.74, 6) is -2.15. The first kappa shape index (κ1) is 15.0. The van der Waals surface area contributed by atoms with Crippen LogP contribution in [0.2, 0.25) is 5.02 Å². The monoisotopic (exact) mass is 284 g/mol. The Morgan fingerprint density at radius 2 is 1.84 bits per heavy atom. The Hall–Kier alpha value is -2.08. The lowest BCUT2D eigenvalue weighted by atomic mass is 10.2. The van der Waals surface area contributed by atoms with Gasteiger partial charge < -0.3 is 15.7 Å². The third kappa shape index (κ3) is 4.97. The highest BCUT2D eigenvalue weighted by atomic mass is 35.5. The Morgan fingerprint density at radius 3 is 2.37 bits per heavy atom. The van der Waals surface area contributed by atoms with E-state index in [1.54, 1.807) is 12.1 Å². The SMILES string of the molecule is CC(NC(=O)CNC(=O)c1ccc(Cl)cc1)C(=O)O. The van der Waals surface area contributed by atoms with Crippen molar-refractivity contribution in [3.63, 3.8) is 0 Å². The molecule has 19 heavy (non-hydrogen) atoms. The maximum Gasteiger partial charge on any atom is 0.325 e. The van der Waals surface area contributed by atoms with Gasteiger partial charge in [0.2, 0.25) is 5.91 Å². The summed E-state index contributed by atoms with van der Waals surface area (Å²) in [5.41, 5.74) is 0.364. The fourth-order valence-electron chi connectivity index (χ4n) is 1.22. The quantitative estimate of drug-likeness (QED) is 0.740. The molecule has 0 fully saturated rings. The van der Waals surface area contributed by atoms with Gasteiger partial charge in [0, 0.05) is 10.6 Å². The summed E-state index contributed by atoms with van der Waals surface area (Å²) in [5, 5.41) is 13.7. The maximum absolute atomic E-state index is 11.6. The summed E-state index contributed by atoms with van der Waals surface area (Å²) in [4.78, 5) is 33.5. The lowest BCUT2D eigenvalue weighted by Crippen LogP contribution is -2.43. The molecule has 6 nitrogen and oxygen atoms in total. The molecule has 102 valence electrons. The molecule has 3 N–H and O–H groups in total. The zero-order valence-electron chi connectivity index (χ0n) is 10.1. The van der Waals surface area contributed by atoms with Crippen molar-refractivity contribution in [2.75, 3.05) is 6.54 Å². The van der Waals surface area contributed by atoms with Gasteiger partial charge in [0.1, 0.15) is 6.04 Å². The molecular formula is C12H13ClN2O4. The van der Waals surface area contributed by atoms with E-state index in [9.17, 15) is 14.4 Å². The van der Waals surface area contributed by atoms with Crippen LogP contribution in [-0.2, 0) is 9.59 Å². The van der Waals surface area contributed by atoms with Gasteiger partial charge in [-0.3, -0.25) is 14.4 Å². The van der Waals surface area contributed by atoms with Gasteiger partial charge in [-0.2, -0.15) is 0 Å². The molecule has 0 aromatic heterocycles. The van der Waals surface area contributed by atoms with Crippen LogP contribution >= 0.6 is 11.6 Å². The number of rotatable bonds is 5. The zero-order valence-corrected chi connectivity index (χ0v) is 10.9. The van der Waals surface area contributed by atoms with E-state index in [1.165, 1.54) is 19.1 Å². The van der Waals surface area contributed by atoms with Crippen molar-refractivity contribution in [1.82, 2.24) is 10.6 Å². The lowest BCUT2D eigenvalue weighted by molar-refractivity contribution is -0.141. The van der Waals surface area contributed by atoms with Crippen LogP contribution in [0.4, 0.5) is 0 Å². The van der Waals surface area contributed by atoms with E-state index in [0.29, 0.717) is 10.6 Å². The molecule has 0 saturated heterocycles. The molecule has 0 aliphatic rings. The van der Waals surface area contributed by atoms with Crippen LogP contribution in [0.15, 0.2) is 24.3 Å². The van der Waals surface area contributed by atoms with Gasteiger partial charge in [0.15, 0.2) is 0 Å². The van der Waals surface area contributed by atoms with E-state index in [1.807, 2.05) is 0 Å². The maximum atomic E-state index is 11.6. The Labute approximate surface area is 114 Å². The Balaban J connectivity index is 2.44. The molecule has 0 heterocycles. The average molecular weight is 285 g/mol.